The summed E-state index contributed by atoms with van der Waals surface area (Å²) in [5, 5.41) is 16.0. The quantitative estimate of drug-likeness (QED) is 0.241. The topological polar surface area (TPSA) is 119 Å². The van der Waals surface area contributed by atoms with E-state index in [0.717, 1.165) is 50.2 Å². The van der Waals surface area contributed by atoms with Gasteiger partial charge in [0, 0.05) is 48.2 Å². The molecule has 0 aliphatic carbocycles. The highest BCUT2D eigenvalue weighted by molar-refractivity contribution is 6.36. The molecule has 9 nitrogen and oxygen atoms in total. The van der Waals surface area contributed by atoms with Crippen molar-refractivity contribution in [1.82, 2.24) is 25.0 Å². The standard InChI is InChI=1S/C25H29Cl2FN6O3/c1-15(22-18(26)3-4-19(28)23(22)27)37-21-13-16(14-31-24(21)29)20-7-12-34(32-20)17-5-10-33(11-6-17)9-2-8-30-25(35)36/h3-4,7,12-15,17,30H,2,5-6,8-11H2,1H3,(H2,29,31)(H,35,36). The fourth-order valence-corrected chi connectivity index (χ4v) is 5.13. The highest BCUT2D eigenvalue weighted by Crippen LogP contribution is 2.37. The Balaban J connectivity index is 1.40. The van der Waals surface area contributed by atoms with E-state index in [-0.39, 0.29) is 16.9 Å². The minimum Gasteiger partial charge on any atom is -0.482 e. The van der Waals surface area contributed by atoms with Gasteiger partial charge < -0.3 is 25.8 Å². The van der Waals surface area contributed by atoms with E-state index in [2.05, 4.69) is 15.2 Å². The Hall–Kier alpha value is -3.08. The summed E-state index contributed by atoms with van der Waals surface area (Å²) in [6, 6.07) is 6.59. The molecule has 1 atom stereocenters. The summed E-state index contributed by atoms with van der Waals surface area (Å²) in [6.45, 7) is 4.89. The van der Waals surface area contributed by atoms with E-state index >= 15 is 0 Å². The van der Waals surface area contributed by atoms with E-state index in [0.29, 0.717) is 22.9 Å². The third kappa shape index (κ3) is 6.63. The summed E-state index contributed by atoms with van der Waals surface area (Å²) < 4.78 is 22.0. The molecular weight excluding hydrogens is 522 g/mol. The van der Waals surface area contributed by atoms with E-state index in [1.807, 2.05) is 16.9 Å². The van der Waals surface area contributed by atoms with Crippen molar-refractivity contribution in [2.45, 2.75) is 38.3 Å². The number of hydrogen-bond donors (Lipinski definition) is 3. The van der Waals surface area contributed by atoms with Gasteiger partial charge in [-0.25, -0.2) is 14.2 Å². The molecule has 1 aliphatic heterocycles. The van der Waals surface area contributed by atoms with Crippen molar-refractivity contribution in [3.05, 3.63) is 58.1 Å². The number of ether oxygens (including phenoxy) is 1. The fourth-order valence-electron chi connectivity index (χ4n) is 4.46. The van der Waals surface area contributed by atoms with E-state index in [4.69, 9.17) is 43.9 Å². The molecule has 0 bridgehead atoms. The number of anilines is 1. The van der Waals surface area contributed by atoms with Gasteiger partial charge in [-0.2, -0.15) is 5.10 Å². The van der Waals surface area contributed by atoms with Crippen LogP contribution in [0.1, 0.15) is 43.9 Å². The van der Waals surface area contributed by atoms with Crippen LogP contribution in [-0.2, 0) is 0 Å². The molecule has 1 amide bonds. The largest absolute Gasteiger partial charge is 0.482 e. The number of piperidine rings is 1. The van der Waals surface area contributed by atoms with Crippen LogP contribution in [0.3, 0.4) is 0 Å². The summed E-state index contributed by atoms with van der Waals surface area (Å²) >= 11 is 12.4. The van der Waals surface area contributed by atoms with Gasteiger partial charge in [0.05, 0.1) is 16.8 Å². The van der Waals surface area contributed by atoms with Crippen molar-refractivity contribution in [3.63, 3.8) is 0 Å². The van der Waals surface area contributed by atoms with Crippen molar-refractivity contribution in [3.8, 4) is 17.0 Å². The Morgan fingerprint density at radius 3 is 2.81 bits per heavy atom. The van der Waals surface area contributed by atoms with Gasteiger partial charge in [0.25, 0.3) is 0 Å². The second-order valence-electron chi connectivity index (χ2n) is 8.96. The van der Waals surface area contributed by atoms with Gasteiger partial charge in [-0.1, -0.05) is 23.2 Å². The Kier molecular flexibility index (Phi) is 8.73. The molecule has 37 heavy (non-hydrogen) atoms. The predicted molar refractivity (Wildman–Crippen MR) is 141 cm³/mol. The number of hydrogen-bond acceptors (Lipinski definition) is 6. The molecule has 4 N–H and O–H groups in total. The van der Waals surface area contributed by atoms with Crippen molar-refractivity contribution < 1.29 is 19.0 Å². The lowest BCUT2D eigenvalue weighted by Crippen LogP contribution is -2.36. The molecule has 12 heteroatoms. The van der Waals surface area contributed by atoms with Crippen molar-refractivity contribution >= 4 is 35.1 Å². The number of carbonyl (C=O) groups is 1. The van der Waals surface area contributed by atoms with Crippen LogP contribution in [0.25, 0.3) is 11.3 Å². The van der Waals surface area contributed by atoms with Gasteiger partial charge in [0.1, 0.15) is 11.9 Å². The number of nitrogens with zero attached hydrogens (tertiary/aromatic N) is 4. The monoisotopic (exact) mass is 550 g/mol. The lowest BCUT2D eigenvalue weighted by Gasteiger charge is -2.32. The maximum atomic E-state index is 14.0. The Bertz CT molecular complexity index is 1250. The number of aromatic nitrogens is 3. The molecule has 2 aromatic heterocycles. The van der Waals surface area contributed by atoms with Gasteiger partial charge in [-0.15, -0.1) is 0 Å². The minimum atomic E-state index is -0.988. The van der Waals surface area contributed by atoms with Crippen molar-refractivity contribution in [1.29, 1.82) is 0 Å². The van der Waals surface area contributed by atoms with Crippen LogP contribution >= 0.6 is 23.2 Å². The van der Waals surface area contributed by atoms with Gasteiger partial charge in [0.15, 0.2) is 11.6 Å². The number of benzene rings is 1. The number of halogens is 3. The molecule has 1 saturated heterocycles. The van der Waals surface area contributed by atoms with Crippen LogP contribution < -0.4 is 15.8 Å². The summed E-state index contributed by atoms with van der Waals surface area (Å²) in [7, 11) is 0. The zero-order valence-electron chi connectivity index (χ0n) is 20.3. The van der Waals surface area contributed by atoms with Gasteiger partial charge in [-0.05, 0) is 57.0 Å². The second-order valence-corrected chi connectivity index (χ2v) is 9.75. The molecule has 0 spiro atoms. The zero-order valence-corrected chi connectivity index (χ0v) is 21.8. The summed E-state index contributed by atoms with van der Waals surface area (Å²) in [4.78, 5) is 17.2. The first kappa shape index (κ1) is 27.0. The molecule has 3 heterocycles. The Morgan fingerprint density at radius 2 is 2.08 bits per heavy atom. The number of nitrogens with two attached hydrogens (primary N) is 1. The maximum absolute atomic E-state index is 14.0. The highest BCUT2D eigenvalue weighted by atomic mass is 35.5. The fraction of sp³-hybridized carbons (Fsp3) is 0.400. The number of nitrogen functional groups attached to an aromatic ring is 1. The summed E-state index contributed by atoms with van der Waals surface area (Å²) in [5.41, 5.74) is 7.85. The van der Waals surface area contributed by atoms with Crippen molar-refractivity contribution in [2.24, 2.45) is 0 Å². The smallest absolute Gasteiger partial charge is 0.404 e. The number of nitrogens with one attached hydrogen (secondary N) is 1. The van der Waals surface area contributed by atoms with Gasteiger partial charge in [0.2, 0.25) is 0 Å². The van der Waals surface area contributed by atoms with E-state index < -0.39 is 18.0 Å². The number of carboxylic acid groups (broad SMARTS) is 1. The molecule has 0 saturated carbocycles. The summed E-state index contributed by atoms with van der Waals surface area (Å²) in [6.07, 6.45) is 4.63. The average Bonchev–Trinajstić information content (AvgIpc) is 3.36. The van der Waals surface area contributed by atoms with Crippen LogP contribution in [-0.4, -0.2) is 57.0 Å². The van der Waals surface area contributed by atoms with E-state index in [1.54, 1.807) is 19.2 Å². The van der Waals surface area contributed by atoms with Crippen LogP contribution in [0.4, 0.5) is 15.0 Å². The lowest BCUT2D eigenvalue weighted by atomic mass is 10.1. The first-order valence-corrected chi connectivity index (χ1v) is 12.8. The Morgan fingerprint density at radius 1 is 1.32 bits per heavy atom. The van der Waals surface area contributed by atoms with Gasteiger partial charge in [-0.3, -0.25) is 4.68 Å². The number of likely N-dealkylation sites (tertiary alicyclic amines) is 1. The molecule has 1 fully saturated rings. The average molecular weight is 551 g/mol. The molecule has 198 valence electrons. The van der Waals surface area contributed by atoms with Crippen LogP contribution in [0.15, 0.2) is 36.7 Å². The first-order valence-electron chi connectivity index (χ1n) is 12.0. The highest BCUT2D eigenvalue weighted by Gasteiger charge is 2.22. The normalized spacial score (nSPS) is 15.5. The van der Waals surface area contributed by atoms with E-state index in [9.17, 15) is 9.18 Å². The molecular formula is C25H29Cl2FN6O3. The van der Waals surface area contributed by atoms with Crippen LogP contribution in [0, 0.1) is 5.82 Å². The van der Waals surface area contributed by atoms with Crippen molar-refractivity contribution in [2.75, 3.05) is 31.9 Å². The van der Waals surface area contributed by atoms with Crippen LogP contribution in [0.5, 0.6) is 5.75 Å². The molecule has 1 aliphatic rings. The number of rotatable bonds is 9. The zero-order chi connectivity index (χ0) is 26.5. The predicted octanol–water partition coefficient (Wildman–Crippen LogP) is 5.41. The van der Waals surface area contributed by atoms with E-state index in [1.165, 1.54) is 12.1 Å². The number of amides is 1. The minimum absolute atomic E-state index is 0.0931. The lowest BCUT2D eigenvalue weighted by molar-refractivity contribution is 0.175. The third-order valence-electron chi connectivity index (χ3n) is 6.43. The second kappa shape index (κ2) is 12.0. The maximum Gasteiger partial charge on any atom is 0.404 e. The SMILES string of the molecule is CC(Oc1cc(-c2ccn(C3CCN(CCCNC(=O)O)CC3)n2)cnc1N)c1c(Cl)ccc(F)c1Cl. The summed E-state index contributed by atoms with van der Waals surface area (Å²) in [5.74, 6) is -0.0748. The molecule has 4 rings (SSSR count). The molecule has 1 unspecified atom stereocenters. The van der Waals surface area contributed by atoms with Crippen LogP contribution in [0.2, 0.25) is 10.0 Å². The van der Waals surface area contributed by atoms with Gasteiger partial charge >= 0.3 is 6.09 Å². The Labute approximate surface area is 224 Å². The number of pyridine rings is 1. The molecule has 0 radical (unpaired) electrons. The first-order chi connectivity index (χ1) is 17.7. The molecule has 1 aromatic carbocycles. The third-order valence-corrected chi connectivity index (χ3v) is 7.15. The molecule has 3 aromatic rings.